The van der Waals surface area contributed by atoms with E-state index in [1.807, 2.05) is 6.92 Å². The van der Waals surface area contributed by atoms with Gasteiger partial charge in [0.05, 0.1) is 13.2 Å². The molecule has 0 saturated carbocycles. The molecule has 2 aliphatic heterocycles. The maximum absolute atomic E-state index is 5.90. The van der Waals surface area contributed by atoms with Gasteiger partial charge in [-0.1, -0.05) is 0 Å². The second-order valence-electron chi connectivity index (χ2n) is 6.50. The number of aliphatic imine (C=N–C) groups is 1. The van der Waals surface area contributed by atoms with Crippen LogP contribution in [0.3, 0.4) is 0 Å². The van der Waals surface area contributed by atoms with Gasteiger partial charge < -0.3 is 19.7 Å². The summed E-state index contributed by atoms with van der Waals surface area (Å²) in [6, 6.07) is 4.25. The first kappa shape index (κ1) is 16.9. The molecule has 1 aromatic carbocycles. The molecule has 3 rings (SSSR count). The van der Waals surface area contributed by atoms with Crippen LogP contribution in [0.15, 0.2) is 17.1 Å². The normalized spacial score (nSPS) is 20.0. The topological polar surface area (TPSA) is 46.1 Å². The van der Waals surface area contributed by atoms with Crippen molar-refractivity contribution < 1.29 is 9.47 Å². The zero-order chi connectivity index (χ0) is 16.9. The van der Waals surface area contributed by atoms with E-state index in [0.29, 0.717) is 13.2 Å². The van der Waals surface area contributed by atoms with Gasteiger partial charge >= 0.3 is 0 Å². The molecule has 132 valence electrons. The Balaban J connectivity index is 1.82. The van der Waals surface area contributed by atoms with Crippen molar-refractivity contribution in [3.8, 4) is 11.5 Å². The molecule has 0 radical (unpaired) electrons. The van der Waals surface area contributed by atoms with Gasteiger partial charge in [-0.05, 0) is 45.7 Å². The number of rotatable bonds is 5. The third-order valence-corrected chi connectivity index (χ3v) is 4.52. The summed E-state index contributed by atoms with van der Waals surface area (Å²) < 4.78 is 11.8. The molecule has 24 heavy (non-hydrogen) atoms. The third-order valence-electron chi connectivity index (χ3n) is 4.52. The van der Waals surface area contributed by atoms with Gasteiger partial charge in [-0.2, -0.15) is 0 Å². The lowest BCUT2D eigenvalue weighted by Gasteiger charge is -2.21. The largest absolute Gasteiger partial charge is 0.494 e. The first-order valence-electron chi connectivity index (χ1n) is 9.19. The number of hydrogen-bond acceptors (Lipinski definition) is 3. The molecule has 5 nitrogen and oxygen atoms in total. The fraction of sp³-hybridized carbons (Fsp3) is 0.632. The van der Waals surface area contributed by atoms with E-state index >= 15 is 0 Å². The Hall–Kier alpha value is -1.91. The Morgan fingerprint density at radius 2 is 2.12 bits per heavy atom. The summed E-state index contributed by atoms with van der Waals surface area (Å²) in [5.74, 6) is 2.93. The van der Waals surface area contributed by atoms with Gasteiger partial charge in [-0.15, -0.1) is 0 Å². The number of guanidine groups is 1. The maximum Gasteiger partial charge on any atom is 0.194 e. The zero-order valence-electron chi connectivity index (χ0n) is 15.1. The number of benzene rings is 1. The van der Waals surface area contributed by atoms with Gasteiger partial charge in [0.2, 0.25) is 0 Å². The molecule has 2 heterocycles. The van der Waals surface area contributed by atoms with Crippen LogP contribution in [0, 0.1) is 0 Å². The summed E-state index contributed by atoms with van der Waals surface area (Å²) in [5.41, 5.74) is 2.34. The maximum atomic E-state index is 5.90. The van der Waals surface area contributed by atoms with Crippen LogP contribution >= 0.6 is 0 Å². The lowest BCUT2D eigenvalue weighted by Crippen LogP contribution is -2.39. The second kappa shape index (κ2) is 7.77. The highest BCUT2D eigenvalue weighted by atomic mass is 16.5. The molecule has 1 unspecified atom stereocenters. The Kier molecular flexibility index (Phi) is 5.48. The minimum atomic E-state index is 0.246. The van der Waals surface area contributed by atoms with Gasteiger partial charge in [-0.25, -0.2) is 4.99 Å². The highest BCUT2D eigenvalue weighted by Gasteiger charge is 2.22. The SMILES string of the molecule is CCNC(=NCc1cc2c(cc1OCC)CC(C)O2)N1CCCC1. The Morgan fingerprint density at radius 3 is 2.83 bits per heavy atom. The smallest absolute Gasteiger partial charge is 0.194 e. The second-order valence-corrected chi connectivity index (χ2v) is 6.50. The Bertz CT molecular complexity index is 595. The average molecular weight is 331 g/mol. The van der Waals surface area contributed by atoms with Crippen molar-refractivity contribution in [1.29, 1.82) is 0 Å². The van der Waals surface area contributed by atoms with Crippen LogP contribution in [0.5, 0.6) is 11.5 Å². The quantitative estimate of drug-likeness (QED) is 0.665. The van der Waals surface area contributed by atoms with Crippen LogP contribution in [0.25, 0.3) is 0 Å². The molecular weight excluding hydrogens is 302 g/mol. The van der Waals surface area contributed by atoms with E-state index in [4.69, 9.17) is 14.5 Å². The van der Waals surface area contributed by atoms with E-state index in [1.165, 1.54) is 18.4 Å². The lowest BCUT2D eigenvalue weighted by molar-refractivity contribution is 0.254. The summed E-state index contributed by atoms with van der Waals surface area (Å²) in [6.07, 6.45) is 3.70. The molecule has 2 aliphatic rings. The van der Waals surface area contributed by atoms with E-state index in [9.17, 15) is 0 Å². The van der Waals surface area contributed by atoms with Crippen molar-refractivity contribution in [2.45, 2.75) is 52.7 Å². The molecule has 1 fully saturated rings. The van der Waals surface area contributed by atoms with Crippen molar-refractivity contribution in [3.63, 3.8) is 0 Å². The Morgan fingerprint density at radius 1 is 1.33 bits per heavy atom. The predicted octanol–water partition coefficient (Wildman–Crippen LogP) is 2.97. The molecule has 0 amide bonds. The number of nitrogens with zero attached hydrogens (tertiary/aromatic N) is 2. The molecule has 1 atom stereocenters. The predicted molar refractivity (Wildman–Crippen MR) is 97.0 cm³/mol. The highest BCUT2D eigenvalue weighted by molar-refractivity contribution is 5.80. The number of nitrogens with one attached hydrogen (secondary N) is 1. The fourth-order valence-corrected chi connectivity index (χ4v) is 3.41. The van der Waals surface area contributed by atoms with Crippen LogP contribution < -0.4 is 14.8 Å². The minimum Gasteiger partial charge on any atom is -0.494 e. The van der Waals surface area contributed by atoms with Crippen molar-refractivity contribution in [1.82, 2.24) is 10.2 Å². The van der Waals surface area contributed by atoms with Crippen LogP contribution in [-0.4, -0.2) is 43.2 Å². The molecule has 1 aromatic rings. The molecule has 0 aromatic heterocycles. The summed E-state index contributed by atoms with van der Waals surface area (Å²) in [5, 5.41) is 3.41. The van der Waals surface area contributed by atoms with E-state index in [2.05, 4.69) is 36.2 Å². The Labute approximate surface area is 145 Å². The first-order chi connectivity index (χ1) is 11.7. The molecule has 0 aliphatic carbocycles. The fourth-order valence-electron chi connectivity index (χ4n) is 3.41. The number of fused-ring (bicyclic) bond motifs is 1. The molecule has 5 heteroatoms. The zero-order valence-corrected chi connectivity index (χ0v) is 15.1. The third kappa shape index (κ3) is 3.77. The van der Waals surface area contributed by atoms with Crippen LogP contribution in [0.4, 0.5) is 0 Å². The molecule has 1 saturated heterocycles. The van der Waals surface area contributed by atoms with Gasteiger partial charge in [0, 0.05) is 37.2 Å². The van der Waals surface area contributed by atoms with Crippen LogP contribution in [0.2, 0.25) is 0 Å². The summed E-state index contributed by atoms with van der Waals surface area (Å²) >= 11 is 0. The van der Waals surface area contributed by atoms with E-state index in [1.54, 1.807) is 0 Å². The van der Waals surface area contributed by atoms with Crippen molar-refractivity contribution >= 4 is 5.96 Å². The van der Waals surface area contributed by atoms with Crippen LogP contribution in [-0.2, 0) is 13.0 Å². The minimum absolute atomic E-state index is 0.246. The van der Waals surface area contributed by atoms with Crippen molar-refractivity contribution in [3.05, 3.63) is 23.3 Å². The summed E-state index contributed by atoms with van der Waals surface area (Å²) in [6.45, 7) is 10.6. The monoisotopic (exact) mass is 331 g/mol. The summed E-state index contributed by atoms with van der Waals surface area (Å²) in [7, 11) is 0. The van der Waals surface area contributed by atoms with Gasteiger partial charge in [0.25, 0.3) is 0 Å². The van der Waals surface area contributed by atoms with Crippen LogP contribution in [0.1, 0.15) is 44.7 Å². The standard InChI is InChI=1S/C19H29N3O2/c1-4-20-19(22-8-6-7-9-22)21-13-16-12-18-15(10-14(3)24-18)11-17(16)23-5-2/h11-12,14H,4-10,13H2,1-3H3,(H,20,21). The molecule has 1 N–H and O–H groups in total. The van der Waals surface area contributed by atoms with Crippen molar-refractivity contribution in [2.24, 2.45) is 4.99 Å². The number of hydrogen-bond donors (Lipinski definition) is 1. The van der Waals surface area contributed by atoms with E-state index < -0.39 is 0 Å². The van der Waals surface area contributed by atoms with E-state index in [-0.39, 0.29) is 6.10 Å². The molecular formula is C19H29N3O2. The van der Waals surface area contributed by atoms with Gasteiger partial charge in [0.1, 0.15) is 17.6 Å². The van der Waals surface area contributed by atoms with Gasteiger partial charge in [-0.3, -0.25) is 0 Å². The average Bonchev–Trinajstić information content (AvgIpc) is 3.20. The molecule has 0 bridgehead atoms. The number of ether oxygens (including phenoxy) is 2. The van der Waals surface area contributed by atoms with Gasteiger partial charge in [0.15, 0.2) is 5.96 Å². The van der Waals surface area contributed by atoms with E-state index in [0.717, 1.165) is 49.1 Å². The number of likely N-dealkylation sites (tertiary alicyclic amines) is 1. The van der Waals surface area contributed by atoms with Crippen molar-refractivity contribution in [2.75, 3.05) is 26.2 Å². The lowest BCUT2D eigenvalue weighted by atomic mass is 10.1. The highest BCUT2D eigenvalue weighted by Crippen LogP contribution is 2.35. The summed E-state index contributed by atoms with van der Waals surface area (Å²) in [4.78, 5) is 7.19. The molecule has 0 spiro atoms. The first-order valence-corrected chi connectivity index (χ1v) is 9.19.